The second-order valence-corrected chi connectivity index (χ2v) is 7.31. The molecule has 28 heavy (non-hydrogen) atoms. The van der Waals surface area contributed by atoms with Gasteiger partial charge in [0, 0.05) is 11.1 Å². The molecular formula is C22H18FN3O2. The molecule has 0 amide bonds. The quantitative estimate of drug-likeness (QED) is 0.725. The van der Waals surface area contributed by atoms with Gasteiger partial charge in [0.25, 0.3) is 0 Å². The summed E-state index contributed by atoms with van der Waals surface area (Å²) in [5.74, 6) is -1.41. The number of benzene rings is 2. The van der Waals surface area contributed by atoms with Crippen LogP contribution in [-0.2, 0) is 5.54 Å². The number of rotatable bonds is 2. The van der Waals surface area contributed by atoms with Crippen molar-refractivity contribution in [2.45, 2.75) is 31.2 Å². The largest absolute Gasteiger partial charge is 0.476 e. The average molecular weight is 375 g/mol. The molecule has 1 spiro atoms. The molecule has 1 aliphatic carbocycles. The number of carboxylic acids is 1. The number of fused-ring (bicyclic) bond motifs is 4. The number of aliphatic imine (C=N–C) groups is 1. The molecule has 0 atom stereocenters. The number of nitrogens with zero attached hydrogens (tertiary/aromatic N) is 3. The standard InChI is InChI=1S/C22H18FN3O2/c23-16-9-3-1-7-14(16)18-15-8-2-4-10-17(15)26-13-24-19(21(27)28)20(26)22(25-18)11-5-6-12-22/h1-4,7-10,13H,5-6,11-12H2,(H,27,28). The molecule has 2 heterocycles. The summed E-state index contributed by atoms with van der Waals surface area (Å²) in [6.07, 6.45) is 4.86. The summed E-state index contributed by atoms with van der Waals surface area (Å²) < 4.78 is 16.6. The first-order valence-electron chi connectivity index (χ1n) is 9.36. The van der Waals surface area contributed by atoms with Crippen molar-refractivity contribution in [3.05, 3.63) is 83.2 Å². The van der Waals surface area contributed by atoms with Gasteiger partial charge >= 0.3 is 5.97 Å². The Bertz CT molecular complexity index is 1130. The predicted molar refractivity (Wildman–Crippen MR) is 103 cm³/mol. The SMILES string of the molecule is O=C(O)c1ncn2c1C1(CCCC1)N=C(c1ccccc1F)c1ccccc1-2. The normalized spacial score (nSPS) is 17.0. The van der Waals surface area contributed by atoms with Crippen molar-refractivity contribution < 1.29 is 14.3 Å². The van der Waals surface area contributed by atoms with Gasteiger partial charge in [0.15, 0.2) is 5.69 Å². The van der Waals surface area contributed by atoms with Crippen LogP contribution in [-0.4, -0.2) is 26.3 Å². The molecule has 0 bridgehead atoms. The lowest BCUT2D eigenvalue weighted by molar-refractivity contribution is 0.0687. The lowest BCUT2D eigenvalue weighted by Gasteiger charge is -2.25. The number of aromatic nitrogens is 2. The van der Waals surface area contributed by atoms with Crippen LogP contribution >= 0.6 is 0 Å². The van der Waals surface area contributed by atoms with Crippen LogP contribution in [0.25, 0.3) is 5.69 Å². The molecule has 3 aromatic rings. The fraction of sp³-hybridized carbons (Fsp3) is 0.227. The Morgan fingerprint density at radius 3 is 2.43 bits per heavy atom. The van der Waals surface area contributed by atoms with Crippen molar-refractivity contribution >= 4 is 11.7 Å². The molecule has 0 unspecified atom stereocenters. The molecule has 0 saturated heterocycles. The zero-order valence-corrected chi connectivity index (χ0v) is 15.1. The Morgan fingerprint density at radius 1 is 1.04 bits per heavy atom. The molecule has 0 radical (unpaired) electrons. The molecule has 2 aromatic carbocycles. The minimum absolute atomic E-state index is 0.0234. The summed E-state index contributed by atoms with van der Waals surface area (Å²) >= 11 is 0. The summed E-state index contributed by atoms with van der Waals surface area (Å²) in [5.41, 5.74) is 2.43. The molecule has 1 fully saturated rings. The van der Waals surface area contributed by atoms with E-state index in [1.165, 1.54) is 6.07 Å². The van der Waals surface area contributed by atoms with Crippen molar-refractivity contribution in [3.63, 3.8) is 0 Å². The number of para-hydroxylation sites is 1. The molecule has 1 saturated carbocycles. The second kappa shape index (κ2) is 6.12. The van der Waals surface area contributed by atoms with Crippen molar-refractivity contribution in [2.75, 3.05) is 0 Å². The predicted octanol–water partition coefficient (Wildman–Crippen LogP) is 4.33. The van der Waals surface area contributed by atoms with Crippen LogP contribution < -0.4 is 0 Å². The van der Waals surface area contributed by atoms with E-state index in [-0.39, 0.29) is 11.5 Å². The molecule has 2 aliphatic rings. The van der Waals surface area contributed by atoms with Gasteiger partial charge in [-0.05, 0) is 31.0 Å². The van der Waals surface area contributed by atoms with E-state index in [1.54, 1.807) is 24.5 Å². The van der Waals surface area contributed by atoms with Gasteiger partial charge < -0.3 is 5.11 Å². The fourth-order valence-corrected chi connectivity index (χ4v) is 4.51. The van der Waals surface area contributed by atoms with E-state index < -0.39 is 11.5 Å². The van der Waals surface area contributed by atoms with Gasteiger partial charge in [-0.1, -0.05) is 43.2 Å². The van der Waals surface area contributed by atoms with Gasteiger partial charge in [-0.3, -0.25) is 9.56 Å². The number of carboxylic acid groups (broad SMARTS) is 1. The minimum atomic E-state index is -1.07. The van der Waals surface area contributed by atoms with Crippen LogP contribution in [0.5, 0.6) is 0 Å². The van der Waals surface area contributed by atoms with E-state index >= 15 is 0 Å². The molecule has 5 rings (SSSR count). The van der Waals surface area contributed by atoms with Gasteiger partial charge in [-0.15, -0.1) is 0 Å². The minimum Gasteiger partial charge on any atom is -0.476 e. The van der Waals surface area contributed by atoms with Crippen LogP contribution in [0.3, 0.4) is 0 Å². The number of hydrogen-bond donors (Lipinski definition) is 1. The van der Waals surface area contributed by atoms with Gasteiger partial charge in [0.1, 0.15) is 17.7 Å². The van der Waals surface area contributed by atoms with E-state index in [0.29, 0.717) is 29.8 Å². The summed E-state index contributed by atoms with van der Waals surface area (Å²) in [6, 6.07) is 14.2. The lowest BCUT2D eigenvalue weighted by Crippen LogP contribution is -2.26. The highest BCUT2D eigenvalue weighted by Crippen LogP contribution is 2.47. The molecule has 6 heteroatoms. The van der Waals surface area contributed by atoms with Crippen molar-refractivity contribution in [1.82, 2.24) is 9.55 Å². The van der Waals surface area contributed by atoms with E-state index in [1.807, 2.05) is 28.8 Å². The Labute approximate surface area is 161 Å². The average Bonchev–Trinajstić information content (AvgIpc) is 3.32. The Hall–Kier alpha value is -3.28. The van der Waals surface area contributed by atoms with Crippen LogP contribution in [0, 0.1) is 5.82 Å². The smallest absolute Gasteiger partial charge is 0.356 e. The van der Waals surface area contributed by atoms with Crippen LogP contribution in [0.2, 0.25) is 0 Å². The third kappa shape index (κ3) is 2.34. The molecule has 1 aliphatic heterocycles. The highest BCUT2D eigenvalue weighted by atomic mass is 19.1. The number of hydrogen-bond acceptors (Lipinski definition) is 3. The fourth-order valence-electron chi connectivity index (χ4n) is 4.51. The summed E-state index contributed by atoms with van der Waals surface area (Å²) in [7, 11) is 0. The summed E-state index contributed by atoms with van der Waals surface area (Å²) in [6.45, 7) is 0. The Kier molecular flexibility index (Phi) is 3.69. The first-order valence-corrected chi connectivity index (χ1v) is 9.36. The summed E-state index contributed by atoms with van der Waals surface area (Å²) in [4.78, 5) is 21.2. The van der Waals surface area contributed by atoms with Crippen LogP contribution in [0.4, 0.5) is 4.39 Å². The zero-order valence-electron chi connectivity index (χ0n) is 15.1. The monoisotopic (exact) mass is 375 g/mol. The van der Waals surface area contributed by atoms with Gasteiger partial charge in [0.05, 0.1) is 17.1 Å². The highest BCUT2D eigenvalue weighted by molar-refractivity contribution is 6.15. The Morgan fingerprint density at radius 2 is 1.71 bits per heavy atom. The topological polar surface area (TPSA) is 67.5 Å². The van der Waals surface area contributed by atoms with Gasteiger partial charge in [0.2, 0.25) is 0 Å². The van der Waals surface area contributed by atoms with Gasteiger partial charge in [-0.2, -0.15) is 0 Å². The number of aromatic carboxylic acids is 1. The molecule has 5 nitrogen and oxygen atoms in total. The second-order valence-electron chi connectivity index (χ2n) is 7.31. The van der Waals surface area contributed by atoms with Gasteiger partial charge in [-0.25, -0.2) is 14.2 Å². The maximum absolute atomic E-state index is 14.7. The Balaban J connectivity index is 1.89. The number of halogens is 1. The number of imidazole rings is 1. The summed E-state index contributed by atoms with van der Waals surface area (Å²) in [5, 5.41) is 9.76. The molecular weight excluding hydrogens is 357 g/mol. The van der Waals surface area contributed by atoms with E-state index in [9.17, 15) is 14.3 Å². The third-order valence-electron chi connectivity index (χ3n) is 5.72. The first kappa shape index (κ1) is 16.9. The maximum Gasteiger partial charge on any atom is 0.356 e. The molecule has 140 valence electrons. The van der Waals surface area contributed by atoms with Crippen molar-refractivity contribution in [3.8, 4) is 5.69 Å². The molecule has 1 aromatic heterocycles. The first-order chi connectivity index (χ1) is 13.6. The number of carbonyl (C=O) groups is 1. The van der Waals surface area contributed by atoms with E-state index in [0.717, 1.165) is 24.1 Å². The zero-order chi connectivity index (χ0) is 19.3. The highest BCUT2D eigenvalue weighted by Gasteiger charge is 2.44. The van der Waals surface area contributed by atoms with Crippen LogP contribution in [0.15, 0.2) is 59.9 Å². The van der Waals surface area contributed by atoms with Crippen molar-refractivity contribution in [2.24, 2.45) is 4.99 Å². The molecule has 1 N–H and O–H groups in total. The lowest BCUT2D eigenvalue weighted by atomic mass is 9.91. The van der Waals surface area contributed by atoms with E-state index in [4.69, 9.17) is 4.99 Å². The van der Waals surface area contributed by atoms with E-state index in [2.05, 4.69) is 4.98 Å². The third-order valence-corrected chi connectivity index (χ3v) is 5.72. The maximum atomic E-state index is 14.7. The van der Waals surface area contributed by atoms with Crippen molar-refractivity contribution in [1.29, 1.82) is 0 Å². The van der Waals surface area contributed by atoms with Crippen LogP contribution in [0.1, 0.15) is 53.0 Å².